The zero-order chi connectivity index (χ0) is 13.1. The zero-order valence-corrected chi connectivity index (χ0v) is 12.5. The van der Waals surface area contributed by atoms with E-state index in [1.165, 1.54) is 32.1 Å². The lowest BCUT2D eigenvalue weighted by Crippen LogP contribution is -2.26. The van der Waals surface area contributed by atoms with E-state index >= 15 is 0 Å². The maximum atomic E-state index is 4.60. The highest BCUT2D eigenvalue weighted by Crippen LogP contribution is 2.30. The summed E-state index contributed by atoms with van der Waals surface area (Å²) in [5.74, 6) is 1.88. The molecule has 0 amide bonds. The van der Waals surface area contributed by atoms with Crippen molar-refractivity contribution in [1.29, 1.82) is 0 Å². The van der Waals surface area contributed by atoms with Crippen LogP contribution in [0.25, 0.3) is 4.96 Å². The first kappa shape index (κ1) is 13.1. The van der Waals surface area contributed by atoms with Crippen molar-refractivity contribution in [2.75, 3.05) is 6.54 Å². The molecule has 19 heavy (non-hydrogen) atoms. The lowest BCUT2D eigenvalue weighted by Gasteiger charge is -2.27. The SMILES string of the molecule is CCC1CCC(CNCc2cn3ccsc3n2)CC1. The van der Waals surface area contributed by atoms with Crippen LogP contribution in [0, 0.1) is 11.8 Å². The molecule has 0 radical (unpaired) electrons. The summed E-state index contributed by atoms with van der Waals surface area (Å²) in [4.78, 5) is 5.70. The molecule has 0 bridgehead atoms. The smallest absolute Gasteiger partial charge is 0.193 e. The van der Waals surface area contributed by atoms with E-state index in [2.05, 4.69) is 39.4 Å². The molecular weight excluding hydrogens is 254 g/mol. The van der Waals surface area contributed by atoms with Crippen molar-refractivity contribution < 1.29 is 0 Å². The summed E-state index contributed by atoms with van der Waals surface area (Å²) in [5, 5.41) is 5.66. The predicted octanol–water partition coefficient (Wildman–Crippen LogP) is 3.70. The quantitative estimate of drug-likeness (QED) is 0.903. The van der Waals surface area contributed by atoms with E-state index in [-0.39, 0.29) is 0 Å². The summed E-state index contributed by atoms with van der Waals surface area (Å²) in [5.41, 5.74) is 1.16. The van der Waals surface area contributed by atoms with Gasteiger partial charge in [0.2, 0.25) is 0 Å². The van der Waals surface area contributed by atoms with E-state index in [9.17, 15) is 0 Å². The Labute approximate surface area is 119 Å². The Kier molecular flexibility index (Phi) is 4.18. The van der Waals surface area contributed by atoms with Crippen LogP contribution in [0.5, 0.6) is 0 Å². The van der Waals surface area contributed by atoms with Crippen LogP contribution in [-0.4, -0.2) is 15.9 Å². The molecule has 0 aromatic carbocycles. The summed E-state index contributed by atoms with van der Waals surface area (Å²) < 4.78 is 2.11. The fourth-order valence-electron chi connectivity index (χ4n) is 3.11. The van der Waals surface area contributed by atoms with Gasteiger partial charge in [-0.1, -0.05) is 26.2 Å². The second-order valence-corrected chi connectivity index (χ2v) is 6.62. The van der Waals surface area contributed by atoms with Gasteiger partial charge < -0.3 is 5.32 Å². The third kappa shape index (κ3) is 3.18. The lowest BCUT2D eigenvalue weighted by atomic mass is 9.81. The molecule has 2 heterocycles. The maximum Gasteiger partial charge on any atom is 0.193 e. The van der Waals surface area contributed by atoms with Crippen LogP contribution >= 0.6 is 11.3 Å². The Bertz CT molecular complexity index is 480. The minimum Gasteiger partial charge on any atom is -0.311 e. The van der Waals surface area contributed by atoms with Gasteiger partial charge >= 0.3 is 0 Å². The molecule has 0 saturated heterocycles. The van der Waals surface area contributed by atoms with E-state index in [0.717, 1.165) is 35.6 Å². The van der Waals surface area contributed by atoms with Crippen LogP contribution < -0.4 is 5.32 Å². The summed E-state index contributed by atoms with van der Waals surface area (Å²) in [6.07, 6.45) is 11.3. The van der Waals surface area contributed by atoms with Gasteiger partial charge in [0.1, 0.15) is 0 Å². The second kappa shape index (κ2) is 6.06. The molecule has 0 aliphatic heterocycles. The summed E-state index contributed by atoms with van der Waals surface area (Å²) >= 11 is 1.70. The number of imidazole rings is 1. The largest absolute Gasteiger partial charge is 0.311 e. The molecule has 1 aliphatic carbocycles. The number of nitrogens with one attached hydrogen (secondary N) is 1. The van der Waals surface area contributed by atoms with Crippen LogP contribution in [0.2, 0.25) is 0 Å². The van der Waals surface area contributed by atoms with Crippen molar-refractivity contribution in [2.45, 2.75) is 45.6 Å². The minimum absolute atomic E-state index is 0.881. The molecule has 1 aliphatic rings. The van der Waals surface area contributed by atoms with Crippen molar-refractivity contribution in [1.82, 2.24) is 14.7 Å². The molecule has 1 saturated carbocycles. The highest BCUT2D eigenvalue weighted by molar-refractivity contribution is 7.15. The molecule has 1 fully saturated rings. The van der Waals surface area contributed by atoms with Crippen LogP contribution in [0.4, 0.5) is 0 Å². The zero-order valence-electron chi connectivity index (χ0n) is 11.6. The van der Waals surface area contributed by atoms with Crippen molar-refractivity contribution in [3.63, 3.8) is 0 Å². The molecule has 0 atom stereocenters. The Hall–Kier alpha value is -0.870. The average Bonchev–Trinajstić information content (AvgIpc) is 3.00. The Morgan fingerprint density at radius 1 is 1.32 bits per heavy atom. The van der Waals surface area contributed by atoms with Gasteiger partial charge in [-0.2, -0.15) is 0 Å². The van der Waals surface area contributed by atoms with Gasteiger partial charge in [-0.05, 0) is 31.2 Å². The fraction of sp³-hybridized carbons (Fsp3) is 0.667. The normalized spacial score (nSPS) is 24.1. The molecule has 1 N–H and O–H groups in total. The van der Waals surface area contributed by atoms with E-state index < -0.39 is 0 Å². The molecule has 104 valence electrons. The standard InChI is InChI=1S/C15H23N3S/c1-2-12-3-5-13(6-4-12)9-16-10-14-11-18-7-8-19-15(18)17-14/h7-8,11-13,16H,2-6,9-10H2,1H3. The number of aromatic nitrogens is 2. The summed E-state index contributed by atoms with van der Waals surface area (Å²) in [6, 6.07) is 0. The molecule has 0 spiro atoms. The van der Waals surface area contributed by atoms with Gasteiger partial charge in [-0.3, -0.25) is 4.40 Å². The first-order valence-electron chi connectivity index (χ1n) is 7.47. The van der Waals surface area contributed by atoms with Crippen LogP contribution in [0.15, 0.2) is 17.8 Å². The van der Waals surface area contributed by atoms with Crippen LogP contribution in [-0.2, 0) is 6.54 Å². The number of nitrogens with zero attached hydrogens (tertiary/aromatic N) is 2. The minimum atomic E-state index is 0.881. The van der Waals surface area contributed by atoms with Gasteiger partial charge in [-0.25, -0.2) is 4.98 Å². The Morgan fingerprint density at radius 3 is 2.84 bits per heavy atom. The lowest BCUT2D eigenvalue weighted by molar-refractivity contribution is 0.262. The second-order valence-electron chi connectivity index (χ2n) is 5.75. The van der Waals surface area contributed by atoms with Gasteiger partial charge in [0, 0.05) is 24.3 Å². The fourth-order valence-corrected chi connectivity index (χ4v) is 3.83. The first-order chi connectivity index (χ1) is 9.35. The van der Waals surface area contributed by atoms with E-state index in [1.54, 1.807) is 11.3 Å². The summed E-state index contributed by atoms with van der Waals surface area (Å²) in [7, 11) is 0. The molecule has 2 aromatic rings. The molecule has 3 rings (SSSR count). The molecule has 2 aromatic heterocycles. The van der Waals surface area contributed by atoms with Gasteiger partial charge in [0.15, 0.2) is 4.96 Å². The predicted molar refractivity (Wildman–Crippen MR) is 80.5 cm³/mol. The molecule has 3 nitrogen and oxygen atoms in total. The molecular formula is C15H23N3S. The Morgan fingerprint density at radius 2 is 2.11 bits per heavy atom. The monoisotopic (exact) mass is 277 g/mol. The van der Waals surface area contributed by atoms with Crippen LogP contribution in [0.1, 0.15) is 44.7 Å². The van der Waals surface area contributed by atoms with E-state index in [4.69, 9.17) is 0 Å². The summed E-state index contributed by atoms with van der Waals surface area (Å²) in [6.45, 7) is 4.39. The van der Waals surface area contributed by atoms with Gasteiger partial charge in [-0.15, -0.1) is 11.3 Å². The van der Waals surface area contributed by atoms with Crippen molar-refractivity contribution in [2.24, 2.45) is 11.8 Å². The molecule has 0 unspecified atom stereocenters. The van der Waals surface area contributed by atoms with Crippen molar-refractivity contribution >= 4 is 16.3 Å². The van der Waals surface area contributed by atoms with Gasteiger partial charge in [0.05, 0.1) is 5.69 Å². The van der Waals surface area contributed by atoms with E-state index in [1.807, 2.05) is 0 Å². The molecule has 4 heteroatoms. The van der Waals surface area contributed by atoms with Crippen molar-refractivity contribution in [3.8, 4) is 0 Å². The number of rotatable bonds is 5. The Balaban J connectivity index is 1.42. The third-order valence-electron chi connectivity index (χ3n) is 4.43. The first-order valence-corrected chi connectivity index (χ1v) is 8.35. The topological polar surface area (TPSA) is 29.3 Å². The highest BCUT2D eigenvalue weighted by Gasteiger charge is 2.19. The average molecular weight is 277 g/mol. The number of hydrogen-bond donors (Lipinski definition) is 1. The number of thiazole rings is 1. The number of fused-ring (bicyclic) bond motifs is 1. The third-order valence-corrected chi connectivity index (χ3v) is 5.20. The number of hydrogen-bond acceptors (Lipinski definition) is 3. The highest BCUT2D eigenvalue weighted by atomic mass is 32.1. The van der Waals surface area contributed by atoms with Gasteiger partial charge in [0.25, 0.3) is 0 Å². The van der Waals surface area contributed by atoms with Crippen LogP contribution in [0.3, 0.4) is 0 Å². The van der Waals surface area contributed by atoms with E-state index in [0.29, 0.717) is 0 Å². The maximum absolute atomic E-state index is 4.60. The van der Waals surface area contributed by atoms with Crippen molar-refractivity contribution in [3.05, 3.63) is 23.5 Å².